The van der Waals surface area contributed by atoms with E-state index in [4.69, 9.17) is 23.2 Å². The maximum atomic E-state index is 13.5. The molecule has 1 nitrogen and oxygen atoms in total. The Morgan fingerprint density at radius 3 is 2.59 bits per heavy atom. The average molecular weight is 291 g/mol. The first-order valence-electron chi connectivity index (χ1n) is 4.94. The molecule has 0 aliphatic carbocycles. The molecule has 0 aliphatic rings. The molecule has 5 heteroatoms. The van der Waals surface area contributed by atoms with Crippen LogP contribution < -0.4 is 0 Å². The van der Waals surface area contributed by atoms with E-state index >= 15 is 0 Å². The van der Waals surface area contributed by atoms with Gasteiger partial charge in [-0.05, 0) is 24.3 Å². The molecule has 90 valence electrons. The fourth-order valence-corrected chi connectivity index (χ4v) is 3.00. The molecule has 1 unspecified atom stereocenters. The fourth-order valence-electron chi connectivity index (χ4n) is 1.58. The van der Waals surface area contributed by atoms with E-state index in [1.165, 1.54) is 23.5 Å². The number of hydrogen-bond donors (Lipinski definition) is 1. The van der Waals surface area contributed by atoms with Gasteiger partial charge in [-0.1, -0.05) is 29.3 Å². The molecule has 0 radical (unpaired) electrons. The Morgan fingerprint density at radius 2 is 2.00 bits per heavy atom. The van der Waals surface area contributed by atoms with Crippen LogP contribution in [0.15, 0.2) is 30.3 Å². The van der Waals surface area contributed by atoms with Crippen LogP contribution in [-0.4, -0.2) is 5.11 Å². The van der Waals surface area contributed by atoms with Gasteiger partial charge in [-0.2, -0.15) is 0 Å². The fraction of sp³-hybridized carbons (Fsp3) is 0.167. The predicted octanol–water partition coefficient (Wildman–Crippen LogP) is 4.47. The van der Waals surface area contributed by atoms with Gasteiger partial charge in [0.05, 0.1) is 10.4 Å². The van der Waals surface area contributed by atoms with Crippen molar-refractivity contribution < 1.29 is 9.50 Å². The number of thiophene rings is 1. The lowest BCUT2D eigenvalue weighted by Crippen LogP contribution is -2.04. The lowest BCUT2D eigenvalue weighted by atomic mass is 10.1. The Labute approximate surface area is 112 Å². The van der Waals surface area contributed by atoms with E-state index in [0.717, 1.165) is 4.88 Å². The van der Waals surface area contributed by atoms with Gasteiger partial charge in [0.15, 0.2) is 0 Å². The molecule has 2 rings (SSSR count). The van der Waals surface area contributed by atoms with E-state index in [0.29, 0.717) is 10.8 Å². The number of aliphatic hydroxyl groups is 1. The topological polar surface area (TPSA) is 20.2 Å². The largest absolute Gasteiger partial charge is 0.388 e. The zero-order chi connectivity index (χ0) is 12.4. The second-order valence-electron chi connectivity index (χ2n) is 3.56. The normalized spacial score (nSPS) is 12.7. The summed E-state index contributed by atoms with van der Waals surface area (Å²) in [5.41, 5.74) is 0.138. The number of halogens is 3. The maximum absolute atomic E-state index is 13.5. The summed E-state index contributed by atoms with van der Waals surface area (Å²) in [5, 5.41) is 10.2. The molecule has 0 spiro atoms. The Morgan fingerprint density at radius 1 is 1.24 bits per heavy atom. The number of hydrogen-bond acceptors (Lipinski definition) is 2. The van der Waals surface area contributed by atoms with Crippen molar-refractivity contribution >= 4 is 34.5 Å². The summed E-state index contributed by atoms with van der Waals surface area (Å²) in [6, 6.07) is 7.91. The van der Waals surface area contributed by atoms with Crippen molar-refractivity contribution in [3.05, 3.63) is 55.9 Å². The summed E-state index contributed by atoms with van der Waals surface area (Å²) in [4.78, 5) is 0.891. The molecule has 2 aromatic rings. The quantitative estimate of drug-likeness (QED) is 0.884. The summed E-state index contributed by atoms with van der Waals surface area (Å²) in [6.07, 6.45) is -0.656. The lowest BCUT2D eigenvalue weighted by Gasteiger charge is -2.12. The molecule has 0 saturated heterocycles. The number of rotatable bonds is 3. The summed E-state index contributed by atoms with van der Waals surface area (Å²) in [5.74, 6) is -0.493. The SMILES string of the molecule is OC(Cc1ccc(Cl)s1)c1c(F)cccc1Cl. The van der Waals surface area contributed by atoms with E-state index in [-0.39, 0.29) is 10.6 Å². The molecular formula is C12H9Cl2FOS. The first-order valence-corrected chi connectivity index (χ1v) is 6.51. The highest BCUT2D eigenvalue weighted by Crippen LogP contribution is 2.31. The van der Waals surface area contributed by atoms with Crippen LogP contribution in [0.2, 0.25) is 9.36 Å². The lowest BCUT2D eigenvalue weighted by molar-refractivity contribution is 0.174. The van der Waals surface area contributed by atoms with Crippen molar-refractivity contribution in [2.24, 2.45) is 0 Å². The van der Waals surface area contributed by atoms with Gasteiger partial charge in [0.1, 0.15) is 5.82 Å². The van der Waals surface area contributed by atoms with Gasteiger partial charge in [-0.3, -0.25) is 0 Å². The molecule has 1 atom stereocenters. The van der Waals surface area contributed by atoms with Crippen LogP contribution in [0.5, 0.6) is 0 Å². The van der Waals surface area contributed by atoms with Crippen LogP contribution >= 0.6 is 34.5 Å². The monoisotopic (exact) mass is 290 g/mol. The first-order chi connectivity index (χ1) is 8.08. The Bertz CT molecular complexity index is 507. The van der Waals surface area contributed by atoms with Crippen LogP contribution in [0.1, 0.15) is 16.5 Å². The van der Waals surface area contributed by atoms with E-state index in [2.05, 4.69) is 0 Å². The minimum absolute atomic E-state index is 0.138. The predicted molar refractivity (Wildman–Crippen MR) is 69.4 cm³/mol. The minimum atomic E-state index is -0.960. The minimum Gasteiger partial charge on any atom is -0.388 e. The molecule has 1 heterocycles. The summed E-state index contributed by atoms with van der Waals surface area (Å²) >= 11 is 13.0. The van der Waals surface area contributed by atoms with Crippen LogP contribution in [0.4, 0.5) is 4.39 Å². The van der Waals surface area contributed by atoms with E-state index in [1.807, 2.05) is 6.07 Å². The molecule has 0 saturated carbocycles. The van der Waals surface area contributed by atoms with E-state index in [1.54, 1.807) is 12.1 Å². The van der Waals surface area contributed by atoms with Crippen LogP contribution in [0, 0.1) is 5.82 Å². The van der Waals surface area contributed by atoms with E-state index in [9.17, 15) is 9.50 Å². The Hall–Kier alpha value is -0.610. The van der Waals surface area contributed by atoms with Crippen molar-refractivity contribution in [1.29, 1.82) is 0 Å². The second-order valence-corrected chi connectivity index (χ2v) is 5.77. The highest BCUT2D eigenvalue weighted by Gasteiger charge is 2.17. The van der Waals surface area contributed by atoms with Gasteiger partial charge in [-0.15, -0.1) is 11.3 Å². The average Bonchev–Trinajstić information content (AvgIpc) is 2.63. The smallest absolute Gasteiger partial charge is 0.130 e. The van der Waals surface area contributed by atoms with Crippen molar-refractivity contribution in [2.75, 3.05) is 0 Å². The zero-order valence-electron chi connectivity index (χ0n) is 8.66. The summed E-state index contributed by atoms with van der Waals surface area (Å²) in [7, 11) is 0. The molecule has 0 bridgehead atoms. The summed E-state index contributed by atoms with van der Waals surface area (Å²) in [6.45, 7) is 0. The molecule has 17 heavy (non-hydrogen) atoms. The Kier molecular flexibility index (Phi) is 4.05. The third kappa shape index (κ3) is 2.99. The number of aliphatic hydroxyl groups excluding tert-OH is 1. The van der Waals surface area contributed by atoms with Gasteiger partial charge in [-0.25, -0.2) is 4.39 Å². The van der Waals surface area contributed by atoms with Crippen LogP contribution in [0.25, 0.3) is 0 Å². The standard InChI is InChI=1S/C12H9Cl2FOS/c13-8-2-1-3-9(15)12(8)10(16)6-7-4-5-11(14)17-7/h1-5,10,16H,6H2. The van der Waals surface area contributed by atoms with Gasteiger partial charge in [0, 0.05) is 21.9 Å². The molecule has 1 aromatic heterocycles. The maximum Gasteiger partial charge on any atom is 0.130 e. The van der Waals surface area contributed by atoms with Crippen molar-refractivity contribution in [1.82, 2.24) is 0 Å². The van der Waals surface area contributed by atoms with Gasteiger partial charge < -0.3 is 5.11 Å². The molecule has 0 aliphatic heterocycles. The Balaban J connectivity index is 2.22. The second kappa shape index (κ2) is 5.36. The third-order valence-electron chi connectivity index (χ3n) is 2.36. The van der Waals surface area contributed by atoms with Crippen molar-refractivity contribution in [3.8, 4) is 0 Å². The van der Waals surface area contributed by atoms with Gasteiger partial charge in [0.25, 0.3) is 0 Å². The van der Waals surface area contributed by atoms with E-state index < -0.39 is 11.9 Å². The highest BCUT2D eigenvalue weighted by atomic mass is 35.5. The molecule has 1 N–H and O–H groups in total. The highest BCUT2D eigenvalue weighted by molar-refractivity contribution is 7.16. The third-order valence-corrected chi connectivity index (χ3v) is 3.94. The van der Waals surface area contributed by atoms with Crippen LogP contribution in [0.3, 0.4) is 0 Å². The zero-order valence-corrected chi connectivity index (χ0v) is 11.0. The first kappa shape index (κ1) is 12.8. The van der Waals surface area contributed by atoms with Crippen molar-refractivity contribution in [2.45, 2.75) is 12.5 Å². The molecule has 0 fully saturated rings. The molecule has 1 aromatic carbocycles. The molecule has 0 amide bonds. The number of benzene rings is 1. The summed E-state index contributed by atoms with van der Waals surface area (Å²) < 4.78 is 14.2. The van der Waals surface area contributed by atoms with Gasteiger partial charge >= 0.3 is 0 Å². The van der Waals surface area contributed by atoms with Crippen LogP contribution in [-0.2, 0) is 6.42 Å². The van der Waals surface area contributed by atoms with Crippen molar-refractivity contribution in [3.63, 3.8) is 0 Å². The van der Waals surface area contributed by atoms with Gasteiger partial charge in [0.2, 0.25) is 0 Å². The molecular weight excluding hydrogens is 282 g/mol.